The summed E-state index contributed by atoms with van der Waals surface area (Å²) >= 11 is 6.04. The number of rotatable bonds is 6. The minimum absolute atomic E-state index is 0.300. The van der Waals surface area contributed by atoms with Crippen LogP contribution in [0, 0.1) is 0 Å². The van der Waals surface area contributed by atoms with E-state index >= 15 is 0 Å². The molecule has 4 rings (SSSR count). The summed E-state index contributed by atoms with van der Waals surface area (Å²) in [5, 5.41) is 11.2. The molecule has 0 spiro atoms. The lowest BCUT2D eigenvalue weighted by Crippen LogP contribution is -2.39. The second kappa shape index (κ2) is 9.85. The Labute approximate surface area is 187 Å². The van der Waals surface area contributed by atoms with E-state index in [9.17, 15) is 4.79 Å². The number of likely N-dealkylation sites (tertiary alicyclic amines) is 1. The molecule has 1 fully saturated rings. The Morgan fingerprint density at radius 2 is 1.74 bits per heavy atom. The van der Waals surface area contributed by atoms with Crippen LogP contribution in [0.2, 0.25) is 5.02 Å². The fourth-order valence-corrected chi connectivity index (χ4v) is 3.92. The summed E-state index contributed by atoms with van der Waals surface area (Å²) in [6, 6.07) is 16.6. The number of anilines is 2. The third kappa shape index (κ3) is 5.18. The van der Waals surface area contributed by atoms with Crippen LogP contribution in [0.3, 0.4) is 0 Å². The molecule has 2 heterocycles. The number of benzene rings is 2. The largest absolute Gasteiger partial charge is 0.382 e. The predicted molar refractivity (Wildman–Crippen MR) is 126 cm³/mol. The van der Waals surface area contributed by atoms with Crippen LogP contribution in [0.1, 0.15) is 19.3 Å². The van der Waals surface area contributed by atoms with Gasteiger partial charge in [0.05, 0.1) is 5.69 Å². The van der Waals surface area contributed by atoms with E-state index in [1.54, 1.807) is 16.8 Å². The van der Waals surface area contributed by atoms with Gasteiger partial charge in [-0.25, -0.2) is 9.48 Å². The van der Waals surface area contributed by atoms with Gasteiger partial charge in [-0.15, -0.1) is 0 Å². The number of aromatic nitrogens is 2. The van der Waals surface area contributed by atoms with Crippen molar-refractivity contribution >= 4 is 29.1 Å². The molecule has 0 saturated carbocycles. The van der Waals surface area contributed by atoms with E-state index in [1.165, 1.54) is 19.3 Å². The fraction of sp³-hybridized carbons (Fsp3) is 0.304. The number of carbonyl (C=O) groups excluding carboxylic acids is 1. The zero-order valence-corrected chi connectivity index (χ0v) is 18.1. The molecule has 4 N–H and O–H groups in total. The van der Waals surface area contributed by atoms with E-state index in [2.05, 4.69) is 20.6 Å². The van der Waals surface area contributed by atoms with Crippen molar-refractivity contribution in [2.75, 3.05) is 37.2 Å². The van der Waals surface area contributed by atoms with Crippen molar-refractivity contribution in [2.24, 2.45) is 0 Å². The first-order valence-corrected chi connectivity index (χ1v) is 11.0. The van der Waals surface area contributed by atoms with Crippen molar-refractivity contribution in [3.63, 3.8) is 0 Å². The van der Waals surface area contributed by atoms with Gasteiger partial charge in [0.15, 0.2) is 5.82 Å². The van der Waals surface area contributed by atoms with E-state index in [0.717, 1.165) is 30.9 Å². The quantitative estimate of drug-likeness (QED) is 0.532. The zero-order valence-electron chi connectivity index (χ0n) is 17.4. The van der Waals surface area contributed by atoms with Gasteiger partial charge >= 0.3 is 6.03 Å². The molecule has 8 heteroatoms. The average Bonchev–Trinajstić information content (AvgIpc) is 3.12. The smallest absolute Gasteiger partial charge is 0.319 e. The molecule has 7 nitrogen and oxygen atoms in total. The minimum atomic E-state index is -0.300. The van der Waals surface area contributed by atoms with Crippen LogP contribution in [-0.4, -0.2) is 46.9 Å². The molecule has 1 saturated heterocycles. The third-order valence-corrected chi connectivity index (χ3v) is 5.69. The Balaban J connectivity index is 1.54. The third-order valence-electron chi connectivity index (χ3n) is 5.44. The van der Waals surface area contributed by atoms with E-state index < -0.39 is 0 Å². The molecule has 0 aliphatic carbocycles. The van der Waals surface area contributed by atoms with Crippen LogP contribution in [0.25, 0.3) is 16.9 Å². The molecule has 2 amide bonds. The van der Waals surface area contributed by atoms with Crippen LogP contribution in [0.4, 0.5) is 16.3 Å². The standard InChI is InChI=1S/C23H27ClN6O/c24-18-11-9-17(10-12-18)20-21(22(25)30(28-20)19-7-3-1-4-8-19)27-23(31)26-13-16-29-14-5-2-6-15-29/h1,3-4,7-12H,2,5-6,13-16,25H2,(H2,26,27,31). The highest BCUT2D eigenvalue weighted by Gasteiger charge is 2.20. The van der Waals surface area contributed by atoms with Gasteiger partial charge in [-0.3, -0.25) is 0 Å². The highest BCUT2D eigenvalue weighted by atomic mass is 35.5. The number of halogens is 1. The van der Waals surface area contributed by atoms with Crippen LogP contribution < -0.4 is 16.4 Å². The molecule has 31 heavy (non-hydrogen) atoms. The van der Waals surface area contributed by atoms with Gasteiger partial charge in [0.25, 0.3) is 0 Å². The van der Waals surface area contributed by atoms with Gasteiger partial charge in [-0.1, -0.05) is 48.4 Å². The van der Waals surface area contributed by atoms with Crippen LogP contribution in [0.15, 0.2) is 54.6 Å². The highest BCUT2D eigenvalue weighted by Crippen LogP contribution is 2.34. The monoisotopic (exact) mass is 438 g/mol. The topological polar surface area (TPSA) is 88.2 Å². The second-order valence-electron chi connectivity index (χ2n) is 7.65. The molecular weight excluding hydrogens is 412 g/mol. The molecule has 1 aliphatic rings. The number of carbonyl (C=O) groups is 1. The summed E-state index contributed by atoms with van der Waals surface area (Å²) in [5.74, 6) is 0.363. The molecule has 1 aliphatic heterocycles. The Hall–Kier alpha value is -3.03. The SMILES string of the molecule is Nc1c(NC(=O)NCCN2CCCCC2)c(-c2ccc(Cl)cc2)nn1-c1ccccc1. The van der Waals surface area contributed by atoms with Gasteiger partial charge in [0, 0.05) is 23.7 Å². The lowest BCUT2D eigenvalue weighted by molar-refractivity contribution is 0.224. The van der Waals surface area contributed by atoms with Gasteiger partial charge in [-0.05, 0) is 50.2 Å². The predicted octanol–water partition coefficient (Wildman–Crippen LogP) is 4.38. The number of piperidine rings is 1. The number of amides is 2. The number of para-hydroxylation sites is 1. The summed E-state index contributed by atoms with van der Waals surface area (Å²) < 4.78 is 1.63. The fourth-order valence-electron chi connectivity index (χ4n) is 3.80. The van der Waals surface area contributed by atoms with Crippen molar-refractivity contribution in [3.8, 4) is 16.9 Å². The van der Waals surface area contributed by atoms with E-state index in [4.69, 9.17) is 17.3 Å². The molecule has 1 aromatic heterocycles. The summed E-state index contributed by atoms with van der Waals surface area (Å²) in [4.78, 5) is 15.0. The molecular formula is C23H27ClN6O. The lowest BCUT2D eigenvalue weighted by Gasteiger charge is -2.26. The number of nitrogens with two attached hydrogens (primary N) is 1. The summed E-state index contributed by atoms with van der Waals surface area (Å²) in [6.45, 7) is 3.62. The number of nitrogens with zero attached hydrogens (tertiary/aromatic N) is 3. The maximum atomic E-state index is 12.6. The zero-order chi connectivity index (χ0) is 21.6. The number of nitrogen functional groups attached to an aromatic ring is 1. The Bertz CT molecular complexity index is 1010. The van der Waals surface area contributed by atoms with Crippen molar-refractivity contribution in [3.05, 3.63) is 59.6 Å². The number of hydrogen-bond donors (Lipinski definition) is 3. The molecule has 2 aromatic carbocycles. The first kappa shape index (κ1) is 21.2. The van der Waals surface area contributed by atoms with Gasteiger partial charge in [0.2, 0.25) is 0 Å². The minimum Gasteiger partial charge on any atom is -0.382 e. The van der Waals surface area contributed by atoms with Gasteiger partial charge < -0.3 is 21.3 Å². The van der Waals surface area contributed by atoms with Crippen molar-refractivity contribution < 1.29 is 4.79 Å². The Morgan fingerprint density at radius 1 is 1.03 bits per heavy atom. The summed E-state index contributed by atoms with van der Waals surface area (Å²) in [6.07, 6.45) is 3.75. The number of nitrogens with one attached hydrogen (secondary N) is 2. The van der Waals surface area contributed by atoms with Gasteiger partial charge in [0.1, 0.15) is 11.4 Å². The molecule has 0 unspecified atom stereocenters. The normalized spacial score (nSPS) is 14.4. The lowest BCUT2D eigenvalue weighted by atomic mass is 10.1. The number of urea groups is 1. The van der Waals surface area contributed by atoms with Crippen LogP contribution >= 0.6 is 11.6 Å². The Morgan fingerprint density at radius 3 is 2.45 bits per heavy atom. The van der Waals surface area contributed by atoms with E-state index in [1.807, 2.05) is 42.5 Å². The van der Waals surface area contributed by atoms with Crippen LogP contribution in [0.5, 0.6) is 0 Å². The summed E-state index contributed by atoms with van der Waals surface area (Å²) in [7, 11) is 0. The van der Waals surface area contributed by atoms with Crippen molar-refractivity contribution in [1.29, 1.82) is 0 Å². The maximum absolute atomic E-state index is 12.6. The first-order valence-electron chi connectivity index (χ1n) is 10.6. The highest BCUT2D eigenvalue weighted by molar-refractivity contribution is 6.30. The molecule has 3 aromatic rings. The number of hydrogen-bond acceptors (Lipinski definition) is 4. The Kier molecular flexibility index (Phi) is 6.74. The van der Waals surface area contributed by atoms with E-state index in [-0.39, 0.29) is 6.03 Å². The first-order chi connectivity index (χ1) is 15.1. The second-order valence-corrected chi connectivity index (χ2v) is 8.08. The molecule has 0 radical (unpaired) electrons. The summed E-state index contributed by atoms with van der Waals surface area (Å²) in [5.41, 5.74) is 9.11. The van der Waals surface area contributed by atoms with Crippen LogP contribution in [-0.2, 0) is 0 Å². The molecule has 162 valence electrons. The van der Waals surface area contributed by atoms with Gasteiger partial charge in [-0.2, -0.15) is 5.10 Å². The van der Waals surface area contributed by atoms with Crippen molar-refractivity contribution in [1.82, 2.24) is 20.0 Å². The van der Waals surface area contributed by atoms with E-state index in [0.29, 0.717) is 28.8 Å². The average molecular weight is 439 g/mol. The van der Waals surface area contributed by atoms with Crippen molar-refractivity contribution in [2.45, 2.75) is 19.3 Å². The molecule has 0 atom stereocenters. The molecule has 0 bridgehead atoms. The maximum Gasteiger partial charge on any atom is 0.319 e.